The largest absolute Gasteiger partial charge is 0.474 e. The highest BCUT2D eigenvalue weighted by molar-refractivity contribution is 5.74. The first kappa shape index (κ1) is 19.7. The van der Waals surface area contributed by atoms with Crippen LogP contribution in [0.4, 0.5) is 4.79 Å². The van der Waals surface area contributed by atoms with Crippen LogP contribution in [0.5, 0.6) is 5.88 Å². The molecule has 148 valence electrons. The Bertz CT molecular complexity index is 675. The lowest BCUT2D eigenvalue weighted by molar-refractivity contribution is 0.0237. The van der Waals surface area contributed by atoms with Crippen LogP contribution in [0.1, 0.15) is 45.6 Å². The summed E-state index contributed by atoms with van der Waals surface area (Å²) >= 11 is 0. The Hall–Kier alpha value is -2.08. The van der Waals surface area contributed by atoms with Gasteiger partial charge in [-0.1, -0.05) is 32.4 Å². The van der Waals surface area contributed by atoms with Gasteiger partial charge in [-0.3, -0.25) is 0 Å². The molecule has 6 nitrogen and oxygen atoms in total. The molecule has 3 rings (SSSR count). The van der Waals surface area contributed by atoms with E-state index in [4.69, 9.17) is 9.47 Å². The van der Waals surface area contributed by atoms with Crippen molar-refractivity contribution in [2.24, 2.45) is 5.41 Å². The predicted molar refractivity (Wildman–Crippen MR) is 105 cm³/mol. The molecule has 27 heavy (non-hydrogen) atoms. The molecule has 6 heteroatoms. The summed E-state index contributed by atoms with van der Waals surface area (Å²) in [5.41, 5.74) is 2.60. The molecule has 0 unspecified atom stereocenters. The molecular weight excluding hydrogens is 342 g/mol. The van der Waals surface area contributed by atoms with Crippen LogP contribution in [0, 0.1) is 5.41 Å². The van der Waals surface area contributed by atoms with Crippen LogP contribution < -0.4 is 10.1 Å². The predicted octanol–water partition coefficient (Wildman–Crippen LogP) is 3.53. The van der Waals surface area contributed by atoms with E-state index in [-0.39, 0.29) is 17.6 Å². The Balaban J connectivity index is 1.49. The lowest BCUT2D eigenvalue weighted by atomic mass is 9.83. The number of carbonyl (C=O) groups is 1. The van der Waals surface area contributed by atoms with Crippen molar-refractivity contribution in [3.8, 4) is 5.88 Å². The number of amides is 2. The van der Waals surface area contributed by atoms with E-state index in [0.29, 0.717) is 19.0 Å². The summed E-state index contributed by atoms with van der Waals surface area (Å²) in [5.74, 6) is 0.615. The standard InChI is InChI=1S/C21H31N3O3/c1-21(2,3)17-5-10-24(11-6-17)20(25)23-15-16-4-9-22-19(14-16)27-18-7-12-26-13-8-18/h4-5,9,14,18H,6-8,10-13,15H2,1-3H3,(H,23,25). The molecule has 2 aliphatic rings. The number of carbonyl (C=O) groups excluding carboxylic acids is 1. The Morgan fingerprint density at radius 3 is 2.81 bits per heavy atom. The maximum absolute atomic E-state index is 12.5. The van der Waals surface area contributed by atoms with Gasteiger partial charge in [0.25, 0.3) is 0 Å². The van der Waals surface area contributed by atoms with Gasteiger partial charge in [0.15, 0.2) is 0 Å². The third-order valence-corrected chi connectivity index (χ3v) is 5.16. The second-order valence-electron chi connectivity index (χ2n) is 8.27. The molecule has 3 heterocycles. The van der Waals surface area contributed by atoms with E-state index in [2.05, 4.69) is 37.1 Å². The molecule has 0 saturated carbocycles. The monoisotopic (exact) mass is 373 g/mol. The van der Waals surface area contributed by atoms with Gasteiger partial charge in [0.05, 0.1) is 13.2 Å². The van der Waals surface area contributed by atoms with Crippen LogP contribution in [0.15, 0.2) is 30.0 Å². The van der Waals surface area contributed by atoms with Crippen molar-refractivity contribution < 1.29 is 14.3 Å². The zero-order valence-corrected chi connectivity index (χ0v) is 16.7. The Morgan fingerprint density at radius 1 is 1.37 bits per heavy atom. The second kappa shape index (κ2) is 8.74. The van der Waals surface area contributed by atoms with Crippen molar-refractivity contribution in [1.82, 2.24) is 15.2 Å². The van der Waals surface area contributed by atoms with Gasteiger partial charge in [0.1, 0.15) is 6.10 Å². The van der Waals surface area contributed by atoms with Gasteiger partial charge in [0, 0.05) is 44.7 Å². The quantitative estimate of drug-likeness (QED) is 0.820. The first-order valence-corrected chi connectivity index (χ1v) is 9.83. The van der Waals surface area contributed by atoms with E-state index >= 15 is 0 Å². The number of pyridine rings is 1. The molecule has 0 bridgehead atoms. The van der Waals surface area contributed by atoms with Gasteiger partial charge in [-0.2, -0.15) is 0 Å². The minimum absolute atomic E-state index is 0.0251. The lowest BCUT2D eigenvalue weighted by Crippen LogP contribution is -2.42. The second-order valence-corrected chi connectivity index (χ2v) is 8.27. The fraction of sp³-hybridized carbons (Fsp3) is 0.619. The summed E-state index contributed by atoms with van der Waals surface area (Å²) in [4.78, 5) is 18.6. The molecule has 1 N–H and O–H groups in total. The molecule has 1 saturated heterocycles. The van der Waals surface area contributed by atoms with Crippen LogP contribution in [0.25, 0.3) is 0 Å². The Morgan fingerprint density at radius 2 is 2.15 bits per heavy atom. The van der Waals surface area contributed by atoms with Crippen LogP contribution in [-0.4, -0.2) is 48.3 Å². The van der Waals surface area contributed by atoms with E-state index in [1.807, 2.05) is 17.0 Å². The topological polar surface area (TPSA) is 63.7 Å². The van der Waals surface area contributed by atoms with E-state index in [1.165, 1.54) is 5.57 Å². The summed E-state index contributed by atoms with van der Waals surface area (Å²) in [6, 6.07) is 3.79. The molecular formula is C21H31N3O3. The summed E-state index contributed by atoms with van der Waals surface area (Å²) in [7, 11) is 0. The van der Waals surface area contributed by atoms with Crippen LogP contribution >= 0.6 is 0 Å². The van der Waals surface area contributed by atoms with Crippen molar-refractivity contribution in [1.29, 1.82) is 0 Å². The van der Waals surface area contributed by atoms with Crippen molar-refractivity contribution in [2.75, 3.05) is 26.3 Å². The zero-order valence-electron chi connectivity index (χ0n) is 16.7. The molecule has 0 spiro atoms. The molecule has 0 radical (unpaired) electrons. The number of rotatable bonds is 4. The number of hydrogen-bond acceptors (Lipinski definition) is 4. The Labute approximate surface area is 161 Å². The van der Waals surface area contributed by atoms with E-state index < -0.39 is 0 Å². The van der Waals surface area contributed by atoms with Gasteiger partial charge >= 0.3 is 6.03 Å². The summed E-state index contributed by atoms with van der Waals surface area (Å²) in [5, 5.41) is 3.01. The van der Waals surface area contributed by atoms with Gasteiger partial charge < -0.3 is 19.7 Å². The van der Waals surface area contributed by atoms with Crippen molar-refractivity contribution in [3.05, 3.63) is 35.5 Å². The maximum atomic E-state index is 12.5. The fourth-order valence-corrected chi connectivity index (χ4v) is 3.41. The normalized spacial score (nSPS) is 18.8. The molecule has 1 aromatic heterocycles. The highest BCUT2D eigenvalue weighted by atomic mass is 16.5. The van der Waals surface area contributed by atoms with E-state index in [1.54, 1.807) is 6.20 Å². The van der Waals surface area contributed by atoms with Crippen molar-refractivity contribution in [2.45, 2.75) is 52.7 Å². The number of hydrogen-bond donors (Lipinski definition) is 1. The molecule has 2 aliphatic heterocycles. The first-order chi connectivity index (χ1) is 12.9. The third kappa shape index (κ3) is 5.70. The molecule has 1 fully saturated rings. The van der Waals surface area contributed by atoms with Crippen LogP contribution in [0.2, 0.25) is 0 Å². The van der Waals surface area contributed by atoms with Gasteiger partial charge in [-0.15, -0.1) is 0 Å². The van der Waals surface area contributed by atoms with E-state index in [0.717, 1.165) is 44.6 Å². The summed E-state index contributed by atoms with van der Waals surface area (Å²) in [6.07, 6.45) is 6.80. The van der Waals surface area contributed by atoms with Crippen molar-refractivity contribution >= 4 is 6.03 Å². The molecule has 0 atom stereocenters. The minimum Gasteiger partial charge on any atom is -0.474 e. The highest BCUT2D eigenvalue weighted by Gasteiger charge is 2.23. The highest BCUT2D eigenvalue weighted by Crippen LogP contribution is 2.30. The van der Waals surface area contributed by atoms with Crippen LogP contribution in [0.3, 0.4) is 0 Å². The van der Waals surface area contributed by atoms with E-state index in [9.17, 15) is 4.79 Å². The number of nitrogens with zero attached hydrogens (tertiary/aromatic N) is 2. The van der Waals surface area contributed by atoms with Gasteiger partial charge in [-0.05, 0) is 23.5 Å². The average Bonchev–Trinajstić information content (AvgIpc) is 2.67. The summed E-state index contributed by atoms with van der Waals surface area (Å²) < 4.78 is 11.3. The minimum atomic E-state index is -0.0251. The smallest absolute Gasteiger partial charge is 0.317 e. The first-order valence-electron chi connectivity index (χ1n) is 9.83. The number of ether oxygens (including phenoxy) is 2. The molecule has 0 aromatic carbocycles. The lowest BCUT2D eigenvalue weighted by Gasteiger charge is -2.32. The zero-order chi connectivity index (χ0) is 19.3. The number of nitrogens with one attached hydrogen (secondary N) is 1. The number of urea groups is 1. The molecule has 0 aliphatic carbocycles. The van der Waals surface area contributed by atoms with Gasteiger partial charge in [-0.25, -0.2) is 9.78 Å². The fourth-order valence-electron chi connectivity index (χ4n) is 3.41. The number of aromatic nitrogens is 1. The molecule has 1 aromatic rings. The van der Waals surface area contributed by atoms with Gasteiger partial charge in [0.2, 0.25) is 5.88 Å². The van der Waals surface area contributed by atoms with Crippen molar-refractivity contribution in [3.63, 3.8) is 0 Å². The Kier molecular flexibility index (Phi) is 6.37. The third-order valence-electron chi connectivity index (χ3n) is 5.16. The maximum Gasteiger partial charge on any atom is 0.317 e. The van der Waals surface area contributed by atoms with Crippen LogP contribution in [-0.2, 0) is 11.3 Å². The molecule has 2 amide bonds. The SMILES string of the molecule is CC(C)(C)C1=CCN(C(=O)NCc2ccnc(OC3CCOCC3)c2)CC1. The summed E-state index contributed by atoms with van der Waals surface area (Å²) in [6.45, 7) is 10.0. The average molecular weight is 373 g/mol.